The summed E-state index contributed by atoms with van der Waals surface area (Å²) in [5, 5.41) is 1.97. The zero-order valence-corrected chi connectivity index (χ0v) is 11.9. The van der Waals surface area contributed by atoms with Gasteiger partial charge in [0.05, 0.1) is 11.2 Å². The van der Waals surface area contributed by atoms with Crippen molar-refractivity contribution < 1.29 is 9.09 Å². The lowest BCUT2D eigenvalue weighted by atomic mass is 10.4. The minimum atomic E-state index is -2.55. The Morgan fingerprint density at radius 1 is 1.31 bits per heavy atom. The second kappa shape index (κ2) is 7.26. The average Bonchev–Trinajstić information content (AvgIpc) is 2.81. The summed E-state index contributed by atoms with van der Waals surface area (Å²) in [6.07, 6.45) is 4.79. The second-order valence-corrected chi connectivity index (χ2v) is 7.67. The molecule has 0 aliphatic carbocycles. The molecule has 1 aromatic heterocycles. The summed E-state index contributed by atoms with van der Waals surface area (Å²) in [6.45, 7) is 4.85. The first-order valence-electron chi connectivity index (χ1n) is 6.00. The van der Waals surface area contributed by atoms with Crippen LogP contribution >= 0.6 is 18.7 Å². The van der Waals surface area contributed by atoms with Crippen LogP contribution in [0.5, 0.6) is 0 Å². The number of hydrogen-bond donors (Lipinski definition) is 0. The van der Waals surface area contributed by atoms with E-state index in [1.54, 1.807) is 11.3 Å². The van der Waals surface area contributed by atoms with Gasteiger partial charge in [-0.25, -0.2) is 0 Å². The number of thiophene rings is 1. The summed E-state index contributed by atoms with van der Waals surface area (Å²) in [6, 6.07) is 3.88. The van der Waals surface area contributed by atoms with Gasteiger partial charge in [0.25, 0.3) is 0 Å². The van der Waals surface area contributed by atoms with Gasteiger partial charge < -0.3 is 4.52 Å². The maximum absolute atomic E-state index is 12.7. The highest BCUT2D eigenvalue weighted by Crippen LogP contribution is 2.48. The number of rotatable bonds is 8. The third-order valence-electron chi connectivity index (χ3n) is 2.45. The molecular formula is C12H21O2PS. The van der Waals surface area contributed by atoms with Gasteiger partial charge in [-0.2, -0.15) is 0 Å². The molecule has 1 aromatic rings. The van der Waals surface area contributed by atoms with Crippen molar-refractivity contribution in [3.8, 4) is 0 Å². The highest BCUT2D eigenvalue weighted by Gasteiger charge is 2.25. The molecule has 0 aromatic carbocycles. The van der Waals surface area contributed by atoms with Gasteiger partial charge >= 0.3 is 0 Å². The van der Waals surface area contributed by atoms with E-state index < -0.39 is 7.37 Å². The molecule has 0 saturated carbocycles. The molecule has 1 rings (SSSR count). The Bertz CT molecular complexity index is 322. The first kappa shape index (κ1) is 14.0. The Hall–Kier alpha value is -0.110. The largest absolute Gasteiger partial charge is 0.325 e. The molecule has 0 saturated heterocycles. The lowest BCUT2D eigenvalue weighted by Gasteiger charge is -2.16. The van der Waals surface area contributed by atoms with E-state index in [4.69, 9.17) is 4.52 Å². The zero-order valence-electron chi connectivity index (χ0n) is 10.1. The molecule has 1 heterocycles. The minimum absolute atomic E-state index is 0.620. The molecule has 0 spiro atoms. The van der Waals surface area contributed by atoms with Crippen molar-refractivity contribution in [3.63, 3.8) is 0 Å². The summed E-state index contributed by atoms with van der Waals surface area (Å²) < 4.78 is 19.3. The highest BCUT2D eigenvalue weighted by molar-refractivity contribution is 7.72. The van der Waals surface area contributed by atoms with Gasteiger partial charge in [-0.15, -0.1) is 11.3 Å². The highest BCUT2D eigenvalue weighted by atomic mass is 32.1. The molecule has 92 valence electrons. The number of unbranched alkanes of at least 4 members (excludes halogenated alkanes) is 2. The smallest absolute Gasteiger partial charge is 0.241 e. The molecule has 0 N–H and O–H groups in total. The number of hydrogen-bond acceptors (Lipinski definition) is 3. The molecule has 4 heteroatoms. The SMILES string of the molecule is CCCCOP(=O)(CCCC)c1cccs1. The fourth-order valence-electron chi connectivity index (χ4n) is 1.42. The van der Waals surface area contributed by atoms with E-state index in [2.05, 4.69) is 13.8 Å². The molecule has 0 aliphatic rings. The molecule has 1 unspecified atom stereocenters. The van der Waals surface area contributed by atoms with E-state index in [-0.39, 0.29) is 0 Å². The van der Waals surface area contributed by atoms with Crippen LogP contribution in [-0.4, -0.2) is 12.8 Å². The van der Waals surface area contributed by atoms with Gasteiger partial charge in [0.15, 0.2) is 0 Å². The Balaban J connectivity index is 2.65. The van der Waals surface area contributed by atoms with Crippen LogP contribution in [0.4, 0.5) is 0 Å². The van der Waals surface area contributed by atoms with E-state index >= 15 is 0 Å². The summed E-state index contributed by atoms with van der Waals surface area (Å²) in [5.74, 6) is 0. The van der Waals surface area contributed by atoms with Crippen LogP contribution in [0.15, 0.2) is 17.5 Å². The Labute approximate surface area is 102 Å². The van der Waals surface area contributed by atoms with Crippen LogP contribution < -0.4 is 4.62 Å². The Morgan fingerprint density at radius 3 is 2.62 bits per heavy atom. The molecule has 0 bridgehead atoms. The third kappa shape index (κ3) is 4.04. The van der Waals surface area contributed by atoms with E-state index in [0.717, 1.165) is 30.3 Å². The fraction of sp³-hybridized carbons (Fsp3) is 0.667. The maximum atomic E-state index is 12.7. The van der Waals surface area contributed by atoms with Crippen LogP contribution in [0.3, 0.4) is 0 Å². The zero-order chi connectivity index (χ0) is 11.9. The monoisotopic (exact) mass is 260 g/mol. The topological polar surface area (TPSA) is 26.3 Å². The van der Waals surface area contributed by atoms with Gasteiger partial charge in [0.2, 0.25) is 7.37 Å². The van der Waals surface area contributed by atoms with Gasteiger partial charge in [-0.1, -0.05) is 32.8 Å². The van der Waals surface area contributed by atoms with Crippen LogP contribution in [0.25, 0.3) is 0 Å². The van der Waals surface area contributed by atoms with Crippen molar-refractivity contribution in [2.24, 2.45) is 0 Å². The third-order valence-corrected chi connectivity index (χ3v) is 6.59. The van der Waals surface area contributed by atoms with Crippen molar-refractivity contribution in [2.45, 2.75) is 39.5 Å². The summed E-state index contributed by atoms with van der Waals surface area (Å²) in [4.78, 5) is 0. The lowest BCUT2D eigenvalue weighted by molar-refractivity contribution is 0.312. The average molecular weight is 260 g/mol. The van der Waals surface area contributed by atoms with Crippen LogP contribution in [0, 0.1) is 0 Å². The fourth-order valence-corrected chi connectivity index (χ4v) is 5.08. The van der Waals surface area contributed by atoms with E-state index in [0.29, 0.717) is 12.8 Å². The molecule has 2 nitrogen and oxygen atoms in total. The second-order valence-electron chi connectivity index (χ2n) is 3.89. The van der Waals surface area contributed by atoms with Crippen molar-refractivity contribution >= 4 is 23.3 Å². The van der Waals surface area contributed by atoms with Crippen LogP contribution in [0.2, 0.25) is 0 Å². The summed E-state index contributed by atoms with van der Waals surface area (Å²) in [7, 11) is -2.55. The minimum Gasteiger partial charge on any atom is -0.325 e. The first-order valence-corrected chi connectivity index (χ1v) is 8.69. The molecule has 0 radical (unpaired) electrons. The lowest BCUT2D eigenvalue weighted by Crippen LogP contribution is -2.07. The van der Waals surface area contributed by atoms with E-state index in [1.807, 2.05) is 17.5 Å². The van der Waals surface area contributed by atoms with Gasteiger partial charge in [-0.3, -0.25) is 4.57 Å². The van der Waals surface area contributed by atoms with Crippen molar-refractivity contribution in [1.29, 1.82) is 0 Å². The maximum Gasteiger partial charge on any atom is 0.241 e. The van der Waals surface area contributed by atoms with Gasteiger partial charge in [0.1, 0.15) is 0 Å². The predicted molar refractivity (Wildman–Crippen MR) is 72.2 cm³/mol. The standard InChI is InChI=1S/C12H21O2PS/c1-3-5-9-14-15(13,10-6-4-2)12-8-7-11-16-12/h7-8,11H,3-6,9-10H2,1-2H3. The molecule has 1 atom stereocenters. The van der Waals surface area contributed by atoms with E-state index in [1.165, 1.54) is 0 Å². The Morgan fingerprint density at radius 2 is 2.06 bits per heavy atom. The van der Waals surface area contributed by atoms with Gasteiger partial charge in [0, 0.05) is 6.16 Å². The quantitative estimate of drug-likeness (QED) is 0.515. The normalized spacial score (nSPS) is 14.9. The molecule has 0 amide bonds. The predicted octanol–water partition coefficient (Wildman–Crippen LogP) is 4.27. The molecule has 0 aliphatic heterocycles. The van der Waals surface area contributed by atoms with E-state index in [9.17, 15) is 4.57 Å². The van der Waals surface area contributed by atoms with Crippen LogP contribution in [-0.2, 0) is 9.09 Å². The Kier molecular flexibility index (Phi) is 6.33. The molecule has 16 heavy (non-hydrogen) atoms. The van der Waals surface area contributed by atoms with Crippen molar-refractivity contribution in [3.05, 3.63) is 17.5 Å². The van der Waals surface area contributed by atoms with Crippen molar-refractivity contribution in [1.82, 2.24) is 0 Å². The summed E-state index contributed by atoms with van der Waals surface area (Å²) in [5.41, 5.74) is 0. The van der Waals surface area contributed by atoms with Crippen LogP contribution in [0.1, 0.15) is 39.5 Å². The first-order chi connectivity index (χ1) is 7.73. The molecule has 0 fully saturated rings. The summed E-state index contributed by atoms with van der Waals surface area (Å²) >= 11 is 1.55. The molecular weight excluding hydrogens is 239 g/mol. The van der Waals surface area contributed by atoms with Crippen molar-refractivity contribution in [2.75, 3.05) is 12.8 Å². The van der Waals surface area contributed by atoms with Gasteiger partial charge in [-0.05, 0) is 24.3 Å².